The molecular formula is C14H16FN3O2. The fraction of sp³-hybridized carbons (Fsp3) is 0.286. The Bertz CT molecular complexity index is 656. The Labute approximate surface area is 115 Å². The van der Waals surface area contributed by atoms with Gasteiger partial charge in [-0.1, -0.05) is 0 Å². The second-order valence-electron chi connectivity index (χ2n) is 4.76. The fourth-order valence-corrected chi connectivity index (χ4v) is 1.83. The molecule has 6 heteroatoms. The molecule has 1 heterocycles. The average molecular weight is 277 g/mol. The normalized spacial score (nSPS) is 10.8. The molecule has 5 nitrogen and oxygen atoms in total. The average Bonchev–Trinajstić information content (AvgIpc) is 2.74. The van der Waals surface area contributed by atoms with Crippen LogP contribution in [-0.2, 0) is 11.3 Å². The van der Waals surface area contributed by atoms with Crippen LogP contribution < -0.4 is 11.0 Å². The van der Waals surface area contributed by atoms with E-state index in [0.29, 0.717) is 5.69 Å². The van der Waals surface area contributed by atoms with Crippen molar-refractivity contribution in [3.8, 4) is 0 Å². The predicted octanol–water partition coefficient (Wildman–Crippen LogP) is 2.01. The SMILES string of the molecule is CC(C)n1ccn(CC(=O)Nc2ccc(F)cc2)c1=O. The van der Waals surface area contributed by atoms with Crippen molar-refractivity contribution in [1.82, 2.24) is 9.13 Å². The number of benzene rings is 1. The molecule has 0 unspecified atom stereocenters. The van der Waals surface area contributed by atoms with E-state index in [1.165, 1.54) is 28.8 Å². The van der Waals surface area contributed by atoms with Crippen molar-refractivity contribution < 1.29 is 9.18 Å². The first-order valence-electron chi connectivity index (χ1n) is 6.30. The molecule has 0 saturated heterocycles. The van der Waals surface area contributed by atoms with Crippen molar-refractivity contribution in [3.05, 3.63) is 53.0 Å². The van der Waals surface area contributed by atoms with E-state index in [0.717, 1.165) is 0 Å². The number of nitrogens with one attached hydrogen (secondary N) is 1. The van der Waals surface area contributed by atoms with Crippen molar-refractivity contribution in [1.29, 1.82) is 0 Å². The molecule has 2 aromatic rings. The zero-order valence-corrected chi connectivity index (χ0v) is 11.3. The molecule has 2 rings (SSSR count). The first-order chi connectivity index (χ1) is 9.47. The number of halogens is 1. The lowest BCUT2D eigenvalue weighted by Crippen LogP contribution is -2.29. The summed E-state index contributed by atoms with van der Waals surface area (Å²) in [5.41, 5.74) is 0.266. The second kappa shape index (κ2) is 5.73. The van der Waals surface area contributed by atoms with E-state index in [9.17, 15) is 14.0 Å². The van der Waals surface area contributed by atoms with Crippen LogP contribution in [0.5, 0.6) is 0 Å². The van der Waals surface area contributed by atoms with E-state index >= 15 is 0 Å². The zero-order chi connectivity index (χ0) is 14.7. The van der Waals surface area contributed by atoms with E-state index in [2.05, 4.69) is 5.32 Å². The lowest BCUT2D eigenvalue weighted by atomic mass is 10.3. The van der Waals surface area contributed by atoms with Gasteiger partial charge in [-0.2, -0.15) is 0 Å². The Kier molecular flexibility index (Phi) is 4.02. The van der Waals surface area contributed by atoms with Gasteiger partial charge >= 0.3 is 5.69 Å². The molecule has 1 aromatic carbocycles. The number of aromatic nitrogens is 2. The number of imidazole rings is 1. The molecular weight excluding hydrogens is 261 g/mol. The number of hydrogen-bond donors (Lipinski definition) is 1. The third-order valence-corrected chi connectivity index (χ3v) is 2.87. The predicted molar refractivity (Wildman–Crippen MR) is 74.1 cm³/mol. The molecule has 0 saturated carbocycles. The number of carbonyl (C=O) groups excluding carboxylic acids is 1. The van der Waals surface area contributed by atoms with Gasteiger partial charge in [-0.25, -0.2) is 9.18 Å². The number of anilines is 1. The number of carbonyl (C=O) groups is 1. The first kappa shape index (κ1) is 14.0. The van der Waals surface area contributed by atoms with Crippen LogP contribution in [0.3, 0.4) is 0 Å². The van der Waals surface area contributed by atoms with Gasteiger partial charge in [0.25, 0.3) is 0 Å². The molecule has 0 bridgehead atoms. The maximum atomic E-state index is 12.7. The van der Waals surface area contributed by atoms with Crippen molar-refractivity contribution in [2.24, 2.45) is 0 Å². The lowest BCUT2D eigenvalue weighted by Gasteiger charge is -2.06. The Balaban J connectivity index is 2.05. The summed E-state index contributed by atoms with van der Waals surface area (Å²) in [5.74, 6) is -0.701. The quantitative estimate of drug-likeness (QED) is 0.929. The van der Waals surface area contributed by atoms with Gasteiger partial charge in [0, 0.05) is 24.1 Å². The number of hydrogen-bond acceptors (Lipinski definition) is 2. The van der Waals surface area contributed by atoms with Gasteiger partial charge in [0.1, 0.15) is 12.4 Å². The maximum Gasteiger partial charge on any atom is 0.328 e. The molecule has 0 aliphatic heterocycles. The highest BCUT2D eigenvalue weighted by Crippen LogP contribution is 2.08. The minimum atomic E-state index is -0.367. The highest BCUT2D eigenvalue weighted by Gasteiger charge is 2.09. The lowest BCUT2D eigenvalue weighted by molar-refractivity contribution is -0.116. The van der Waals surface area contributed by atoms with Crippen LogP contribution in [0.25, 0.3) is 0 Å². The summed E-state index contributed by atoms with van der Waals surface area (Å²) in [7, 11) is 0. The Morgan fingerprint density at radius 1 is 1.25 bits per heavy atom. The van der Waals surface area contributed by atoms with Crippen LogP contribution in [-0.4, -0.2) is 15.0 Å². The molecule has 0 spiro atoms. The number of nitrogens with zero attached hydrogens (tertiary/aromatic N) is 2. The Morgan fingerprint density at radius 3 is 2.45 bits per heavy atom. The van der Waals surface area contributed by atoms with E-state index in [4.69, 9.17) is 0 Å². The van der Waals surface area contributed by atoms with Crippen LogP contribution >= 0.6 is 0 Å². The monoisotopic (exact) mass is 277 g/mol. The van der Waals surface area contributed by atoms with E-state index < -0.39 is 0 Å². The summed E-state index contributed by atoms with van der Waals surface area (Å²) in [4.78, 5) is 23.8. The first-order valence-corrected chi connectivity index (χ1v) is 6.30. The van der Waals surface area contributed by atoms with Gasteiger partial charge in [0.2, 0.25) is 5.91 Å². The van der Waals surface area contributed by atoms with Crippen LogP contribution in [0.4, 0.5) is 10.1 Å². The summed E-state index contributed by atoms with van der Waals surface area (Å²) >= 11 is 0. The highest BCUT2D eigenvalue weighted by atomic mass is 19.1. The largest absolute Gasteiger partial charge is 0.328 e. The summed E-state index contributed by atoms with van der Waals surface area (Å²) in [5, 5.41) is 2.61. The Morgan fingerprint density at radius 2 is 1.90 bits per heavy atom. The molecule has 106 valence electrons. The maximum absolute atomic E-state index is 12.7. The third kappa shape index (κ3) is 3.14. The van der Waals surface area contributed by atoms with E-state index in [1.807, 2.05) is 13.8 Å². The van der Waals surface area contributed by atoms with Gasteiger partial charge in [-0.15, -0.1) is 0 Å². The summed E-state index contributed by atoms with van der Waals surface area (Å²) in [6.45, 7) is 3.71. The number of amides is 1. The van der Waals surface area contributed by atoms with E-state index in [-0.39, 0.29) is 30.0 Å². The van der Waals surface area contributed by atoms with Crippen molar-refractivity contribution in [3.63, 3.8) is 0 Å². The van der Waals surface area contributed by atoms with Gasteiger partial charge in [-0.3, -0.25) is 13.9 Å². The molecule has 0 aliphatic carbocycles. The van der Waals surface area contributed by atoms with Crippen LogP contribution in [0.15, 0.2) is 41.5 Å². The summed E-state index contributed by atoms with van der Waals surface area (Å²) in [6, 6.07) is 5.50. The van der Waals surface area contributed by atoms with Crippen molar-refractivity contribution in [2.75, 3.05) is 5.32 Å². The molecule has 1 N–H and O–H groups in total. The molecule has 0 aliphatic rings. The molecule has 0 radical (unpaired) electrons. The summed E-state index contributed by atoms with van der Waals surface area (Å²) < 4.78 is 15.6. The molecule has 0 fully saturated rings. The third-order valence-electron chi connectivity index (χ3n) is 2.87. The van der Waals surface area contributed by atoms with Gasteiger partial charge in [0.05, 0.1) is 0 Å². The van der Waals surface area contributed by atoms with E-state index in [1.54, 1.807) is 17.0 Å². The smallest absolute Gasteiger partial charge is 0.325 e. The van der Waals surface area contributed by atoms with Crippen LogP contribution in [0.1, 0.15) is 19.9 Å². The van der Waals surface area contributed by atoms with Crippen LogP contribution in [0.2, 0.25) is 0 Å². The van der Waals surface area contributed by atoms with Crippen molar-refractivity contribution in [2.45, 2.75) is 26.4 Å². The van der Waals surface area contributed by atoms with Crippen LogP contribution in [0, 0.1) is 5.82 Å². The van der Waals surface area contributed by atoms with Crippen molar-refractivity contribution >= 4 is 11.6 Å². The highest BCUT2D eigenvalue weighted by molar-refractivity contribution is 5.90. The minimum Gasteiger partial charge on any atom is -0.325 e. The molecule has 0 atom stereocenters. The van der Waals surface area contributed by atoms with Gasteiger partial charge < -0.3 is 5.32 Å². The minimum absolute atomic E-state index is 0.0453. The Hall–Kier alpha value is -2.37. The molecule has 20 heavy (non-hydrogen) atoms. The zero-order valence-electron chi connectivity index (χ0n) is 11.3. The van der Waals surface area contributed by atoms with Gasteiger partial charge in [-0.05, 0) is 38.1 Å². The second-order valence-corrected chi connectivity index (χ2v) is 4.76. The fourth-order valence-electron chi connectivity index (χ4n) is 1.83. The molecule has 1 aromatic heterocycles. The standard InChI is InChI=1S/C14H16FN3O2/c1-10(2)18-8-7-17(14(18)20)9-13(19)16-12-5-3-11(15)4-6-12/h3-8,10H,9H2,1-2H3,(H,16,19). The van der Waals surface area contributed by atoms with Gasteiger partial charge in [0.15, 0.2) is 0 Å². The topological polar surface area (TPSA) is 56.0 Å². The number of rotatable bonds is 4. The summed E-state index contributed by atoms with van der Waals surface area (Å²) in [6.07, 6.45) is 3.23. The molecule has 1 amide bonds.